The van der Waals surface area contributed by atoms with Crippen LogP contribution in [0.25, 0.3) is 0 Å². The SMILES string of the molecule is O=C(O)C1CCCN(C(c2cccc(Br)c2)c2cccc(Br)c2)C1. The van der Waals surface area contributed by atoms with Crippen molar-refractivity contribution in [2.75, 3.05) is 13.1 Å². The Bertz CT molecular complexity index is 689. The van der Waals surface area contributed by atoms with E-state index in [4.69, 9.17) is 0 Å². The first-order valence-electron chi connectivity index (χ1n) is 8.02. The second kappa shape index (κ2) is 7.81. The molecule has 126 valence electrons. The lowest BCUT2D eigenvalue weighted by Crippen LogP contribution is -2.41. The van der Waals surface area contributed by atoms with E-state index in [9.17, 15) is 9.90 Å². The summed E-state index contributed by atoms with van der Waals surface area (Å²) in [4.78, 5) is 13.8. The van der Waals surface area contributed by atoms with Crippen LogP contribution in [0.3, 0.4) is 0 Å². The summed E-state index contributed by atoms with van der Waals surface area (Å²) in [6.45, 7) is 1.49. The molecule has 0 aliphatic carbocycles. The lowest BCUT2D eigenvalue weighted by Gasteiger charge is -2.37. The predicted octanol–water partition coefficient (Wildman–Crippen LogP) is 5.10. The molecule has 0 bridgehead atoms. The van der Waals surface area contributed by atoms with E-state index in [1.807, 2.05) is 24.3 Å². The number of nitrogens with zero attached hydrogens (tertiary/aromatic N) is 1. The quantitative estimate of drug-likeness (QED) is 0.701. The van der Waals surface area contributed by atoms with E-state index in [0.717, 1.165) is 28.3 Å². The Morgan fingerprint density at radius 3 is 2.17 bits per heavy atom. The highest BCUT2D eigenvalue weighted by atomic mass is 79.9. The number of aliphatic carboxylic acids is 1. The van der Waals surface area contributed by atoms with Gasteiger partial charge < -0.3 is 5.11 Å². The zero-order valence-corrected chi connectivity index (χ0v) is 16.3. The molecule has 24 heavy (non-hydrogen) atoms. The standard InChI is InChI=1S/C19H19Br2NO2/c20-16-7-1-4-13(10-16)18(14-5-2-8-17(21)11-14)22-9-3-6-15(12-22)19(23)24/h1-2,4-5,7-8,10-11,15,18H,3,6,9,12H2,(H,23,24). The number of likely N-dealkylation sites (tertiary alicyclic amines) is 1. The van der Waals surface area contributed by atoms with E-state index in [-0.39, 0.29) is 12.0 Å². The number of rotatable bonds is 4. The van der Waals surface area contributed by atoms with Gasteiger partial charge in [0.15, 0.2) is 0 Å². The number of piperidine rings is 1. The van der Waals surface area contributed by atoms with Gasteiger partial charge in [0.2, 0.25) is 0 Å². The van der Waals surface area contributed by atoms with Crippen LogP contribution >= 0.6 is 31.9 Å². The summed E-state index contributed by atoms with van der Waals surface area (Å²) < 4.78 is 2.07. The summed E-state index contributed by atoms with van der Waals surface area (Å²) in [5.74, 6) is -0.984. The molecule has 1 saturated heterocycles. The van der Waals surface area contributed by atoms with E-state index in [1.54, 1.807) is 0 Å². The van der Waals surface area contributed by atoms with Crippen molar-refractivity contribution in [3.63, 3.8) is 0 Å². The maximum atomic E-state index is 11.5. The monoisotopic (exact) mass is 451 g/mol. The summed E-state index contributed by atoms with van der Waals surface area (Å²) in [6, 6.07) is 16.6. The van der Waals surface area contributed by atoms with E-state index in [2.05, 4.69) is 61.0 Å². The van der Waals surface area contributed by atoms with Gasteiger partial charge in [-0.05, 0) is 54.8 Å². The fourth-order valence-corrected chi connectivity index (χ4v) is 4.24. The van der Waals surface area contributed by atoms with Crippen molar-refractivity contribution >= 4 is 37.8 Å². The van der Waals surface area contributed by atoms with Gasteiger partial charge in [-0.15, -0.1) is 0 Å². The van der Waals surface area contributed by atoms with Gasteiger partial charge in [0.05, 0.1) is 12.0 Å². The molecular weight excluding hydrogens is 434 g/mol. The van der Waals surface area contributed by atoms with Crippen LogP contribution in [0, 0.1) is 5.92 Å². The van der Waals surface area contributed by atoms with Crippen molar-refractivity contribution in [3.8, 4) is 0 Å². The zero-order valence-electron chi connectivity index (χ0n) is 13.2. The lowest BCUT2D eigenvalue weighted by molar-refractivity contribution is -0.143. The van der Waals surface area contributed by atoms with Crippen molar-refractivity contribution in [3.05, 3.63) is 68.6 Å². The van der Waals surface area contributed by atoms with Gasteiger partial charge in [0.25, 0.3) is 0 Å². The number of halogens is 2. The van der Waals surface area contributed by atoms with Gasteiger partial charge >= 0.3 is 5.97 Å². The van der Waals surface area contributed by atoms with Crippen LogP contribution in [0.5, 0.6) is 0 Å². The molecule has 2 aromatic rings. The molecule has 0 spiro atoms. The highest BCUT2D eigenvalue weighted by Crippen LogP contribution is 2.34. The van der Waals surface area contributed by atoms with E-state index >= 15 is 0 Å². The van der Waals surface area contributed by atoms with Crippen molar-refractivity contribution < 1.29 is 9.90 Å². The van der Waals surface area contributed by atoms with Crippen molar-refractivity contribution in [2.45, 2.75) is 18.9 Å². The molecule has 0 radical (unpaired) electrons. The van der Waals surface area contributed by atoms with Gasteiger partial charge in [-0.25, -0.2) is 0 Å². The number of hydrogen-bond donors (Lipinski definition) is 1. The van der Waals surface area contributed by atoms with Crippen LogP contribution in [0.2, 0.25) is 0 Å². The molecular formula is C19H19Br2NO2. The molecule has 1 atom stereocenters. The normalized spacial score (nSPS) is 18.7. The van der Waals surface area contributed by atoms with E-state index in [1.165, 1.54) is 11.1 Å². The molecule has 1 heterocycles. The van der Waals surface area contributed by atoms with E-state index in [0.29, 0.717) is 6.54 Å². The molecule has 5 heteroatoms. The summed E-state index contributed by atoms with van der Waals surface area (Å²) in [5, 5.41) is 9.43. The number of benzene rings is 2. The summed E-state index contributed by atoms with van der Waals surface area (Å²) in [5.41, 5.74) is 2.35. The van der Waals surface area contributed by atoms with Crippen LogP contribution in [-0.2, 0) is 4.79 Å². The Morgan fingerprint density at radius 2 is 1.67 bits per heavy atom. The third kappa shape index (κ3) is 4.08. The minimum atomic E-state index is -0.693. The van der Waals surface area contributed by atoms with Gasteiger partial charge in [0, 0.05) is 15.5 Å². The Labute approximate surface area is 158 Å². The van der Waals surface area contributed by atoms with Crippen LogP contribution in [-0.4, -0.2) is 29.1 Å². The first-order chi connectivity index (χ1) is 11.5. The third-order valence-corrected chi connectivity index (χ3v) is 5.48. The molecule has 1 N–H and O–H groups in total. The number of hydrogen-bond acceptors (Lipinski definition) is 2. The lowest BCUT2D eigenvalue weighted by atomic mass is 9.91. The molecule has 3 nitrogen and oxygen atoms in total. The van der Waals surface area contributed by atoms with Crippen LogP contribution in [0.15, 0.2) is 57.5 Å². The fraction of sp³-hybridized carbons (Fsp3) is 0.316. The summed E-state index contributed by atoms with van der Waals surface area (Å²) >= 11 is 7.11. The third-order valence-electron chi connectivity index (χ3n) is 4.50. The first-order valence-corrected chi connectivity index (χ1v) is 9.61. The number of carboxylic acid groups (broad SMARTS) is 1. The number of carbonyl (C=O) groups is 1. The largest absolute Gasteiger partial charge is 0.481 e. The Morgan fingerprint density at radius 1 is 1.08 bits per heavy atom. The average Bonchev–Trinajstić information content (AvgIpc) is 2.55. The topological polar surface area (TPSA) is 40.5 Å². The van der Waals surface area contributed by atoms with Crippen molar-refractivity contribution in [2.24, 2.45) is 5.92 Å². The zero-order chi connectivity index (χ0) is 17.1. The summed E-state index contributed by atoms with van der Waals surface area (Å²) in [7, 11) is 0. The van der Waals surface area contributed by atoms with Crippen LogP contribution < -0.4 is 0 Å². The highest BCUT2D eigenvalue weighted by Gasteiger charge is 2.31. The van der Waals surface area contributed by atoms with Crippen LogP contribution in [0.4, 0.5) is 0 Å². The first kappa shape index (κ1) is 17.6. The summed E-state index contributed by atoms with van der Waals surface area (Å²) in [6.07, 6.45) is 1.67. The number of carboxylic acids is 1. The maximum absolute atomic E-state index is 11.5. The van der Waals surface area contributed by atoms with Gasteiger partial charge in [-0.1, -0.05) is 56.1 Å². The van der Waals surface area contributed by atoms with Gasteiger partial charge in [0.1, 0.15) is 0 Å². The second-order valence-electron chi connectivity index (χ2n) is 6.18. The molecule has 0 amide bonds. The highest BCUT2D eigenvalue weighted by molar-refractivity contribution is 9.10. The maximum Gasteiger partial charge on any atom is 0.307 e. The minimum Gasteiger partial charge on any atom is -0.481 e. The molecule has 1 fully saturated rings. The molecule has 1 aliphatic rings. The Hall–Kier alpha value is -1.17. The average molecular weight is 453 g/mol. The van der Waals surface area contributed by atoms with Gasteiger partial charge in [-0.3, -0.25) is 9.69 Å². The van der Waals surface area contributed by atoms with E-state index < -0.39 is 5.97 Å². The molecule has 1 aliphatic heterocycles. The smallest absolute Gasteiger partial charge is 0.307 e. The minimum absolute atomic E-state index is 0.0575. The molecule has 0 aromatic heterocycles. The molecule has 1 unspecified atom stereocenters. The van der Waals surface area contributed by atoms with Crippen LogP contribution in [0.1, 0.15) is 30.0 Å². The van der Waals surface area contributed by atoms with Gasteiger partial charge in [-0.2, -0.15) is 0 Å². The predicted molar refractivity (Wildman–Crippen MR) is 102 cm³/mol. The van der Waals surface area contributed by atoms with Crippen molar-refractivity contribution in [1.82, 2.24) is 4.90 Å². The van der Waals surface area contributed by atoms with Crippen molar-refractivity contribution in [1.29, 1.82) is 0 Å². The Kier molecular flexibility index (Phi) is 5.74. The molecule has 0 saturated carbocycles. The molecule has 3 rings (SSSR count). The molecule has 2 aromatic carbocycles. The second-order valence-corrected chi connectivity index (χ2v) is 8.02. The Balaban J connectivity index is 2.00. The fourth-order valence-electron chi connectivity index (χ4n) is 3.41.